The molecule has 0 fully saturated rings. The van der Waals surface area contributed by atoms with Crippen LogP contribution in [0.2, 0.25) is 0 Å². The van der Waals surface area contributed by atoms with Gasteiger partial charge < -0.3 is 4.90 Å². The van der Waals surface area contributed by atoms with Gasteiger partial charge in [-0.3, -0.25) is 9.78 Å². The third kappa shape index (κ3) is 2.68. The number of anilines is 1. The Morgan fingerprint density at radius 3 is 2.90 bits per heavy atom. The number of para-hydroxylation sites is 1. The summed E-state index contributed by atoms with van der Waals surface area (Å²) in [6, 6.07) is 12.4. The fourth-order valence-corrected chi connectivity index (χ4v) is 3.09. The molecule has 1 aliphatic rings. The van der Waals surface area contributed by atoms with Gasteiger partial charge in [0, 0.05) is 30.5 Å². The first-order valence-electron chi connectivity index (χ1n) is 7.46. The number of rotatable bonds is 3. The Kier molecular flexibility index (Phi) is 3.74. The molecule has 2 atom stereocenters. The second-order valence-corrected chi connectivity index (χ2v) is 5.84. The molecule has 3 nitrogen and oxygen atoms in total. The first-order chi connectivity index (χ1) is 10.2. The van der Waals surface area contributed by atoms with Crippen LogP contribution in [0.5, 0.6) is 0 Å². The molecular weight excluding hydrogens is 260 g/mol. The van der Waals surface area contributed by atoms with Crippen LogP contribution in [-0.2, 0) is 11.2 Å². The smallest absolute Gasteiger partial charge is 0.227 e. The SMILES string of the molecule is CC(CC(=O)N1c2ccccc2CC1C)c1cccnc1. The van der Waals surface area contributed by atoms with Gasteiger partial charge in [0.15, 0.2) is 0 Å². The molecule has 1 aromatic heterocycles. The first kappa shape index (κ1) is 13.8. The largest absolute Gasteiger partial charge is 0.309 e. The minimum absolute atomic E-state index is 0.186. The molecule has 0 spiro atoms. The number of nitrogens with zero attached hydrogens (tertiary/aromatic N) is 2. The van der Waals surface area contributed by atoms with E-state index in [9.17, 15) is 4.79 Å². The molecule has 1 aliphatic heterocycles. The highest BCUT2D eigenvalue weighted by atomic mass is 16.2. The van der Waals surface area contributed by atoms with E-state index in [4.69, 9.17) is 0 Å². The fourth-order valence-electron chi connectivity index (χ4n) is 3.09. The van der Waals surface area contributed by atoms with E-state index in [1.807, 2.05) is 41.4 Å². The minimum atomic E-state index is 0.186. The number of hydrogen-bond donors (Lipinski definition) is 0. The van der Waals surface area contributed by atoms with Crippen molar-refractivity contribution in [2.24, 2.45) is 0 Å². The third-order valence-corrected chi connectivity index (χ3v) is 4.21. The summed E-state index contributed by atoms with van der Waals surface area (Å²) in [6.07, 6.45) is 5.07. The van der Waals surface area contributed by atoms with E-state index in [1.54, 1.807) is 6.20 Å². The van der Waals surface area contributed by atoms with Crippen molar-refractivity contribution < 1.29 is 4.79 Å². The van der Waals surface area contributed by atoms with E-state index in [-0.39, 0.29) is 17.9 Å². The molecule has 0 aliphatic carbocycles. The van der Waals surface area contributed by atoms with Gasteiger partial charge in [-0.2, -0.15) is 0 Å². The molecule has 2 unspecified atom stereocenters. The molecule has 0 bridgehead atoms. The fraction of sp³-hybridized carbons (Fsp3) is 0.333. The van der Waals surface area contributed by atoms with Gasteiger partial charge in [0.05, 0.1) is 0 Å². The van der Waals surface area contributed by atoms with Gasteiger partial charge in [-0.1, -0.05) is 31.2 Å². The van der Waals surface area contributed by atoms with Crippen LogP contribution in [0.15, 0.2) is 48.8 Å². The molecular formula is C18H20N2O. The minimum Gasteiger partial charge on any atom is -0.309 e. The van der Waals surface area contributed by atoms with Crippen LogP contribution in [0.4, 0.5) is 5.69 Å². The van der Waals surface area contributed by atoms with E-state index in [2.05, 4.69) is 24.9 Å². The van der Waals surface area contributed by atoms with Crippen LogP contribution in [-0.4, -0.2) is 16.9 Å². The maximum Gasteiger partial charge on any atom is 0.227 e. The van der Waals surface area contributed by atoms with E-state index in [1.165, 1.54) is 5.56 Å². The summed E-state index contributed by atoms with van der Waals surface area (Å²) in [5, 5.41) is 0. The van der Waals surface area contributed by atoms with Crippen molar-refractivity contribution in [2.75, 3.05) is 4.90 Å². The lowest BCUT2D eigenvalue weighted by Crippen LogP contribution is -2.36. The zero-order valence-corrected chi connectivity index (χ0v) is 12.5. The summed E-state index contributed by atoms with van der Waals surface area (Å²) >= 11 is 0. The summed E-state index contributed by atoms with van der Waals surface area (Å²) in [6.45, 7) is 4.20. The van der Waals surface area contributed by atoms with Crippen molar-refractivity contribution in [3.05, 3.63) is 59.9 Å². The van der Waals surface area contributed by atoms with Crippen molar-refractivity contribution in [3.63, 3.8) is 0 Å². The third-order valence-electron chi connectivity index (χ3n) is 4.21. The van der Waals surface area contributed by atoms with Crippen LogP contribution in [0, 0.1) is 0 Å². The van der Waals surface area contributed by atoms with Crippen molar-refractivity contribution in [1.29, 1.82) is 0 Å². The monoisotopic (exact) mass is 280 g/mol. The number of hydrogen-bond acceptors (Lipinski definition) is 2. The molecule has 1 amide bonds. The Labute approximate surface area is 125 Å². The Bertz CT molecular complexity index is 639. The predicted octanol–water partition coefficient (Wildman–Crippen LogP) is 3.55. The normalized spacial score (nSPS) is 18.4. The highest BCUT2D eigenvalue weighted by molar-refractivity contribution is 5.96. The predicted molar refractivity (Wildman–Crippen MR) is 84.4 cm³/mol. The molecule has 21 heavy (non-hydrogen) atoms. The summed E-state index contributed by atoms with van der Waals surface area (Å²) in [5.74, 6) is 0.384. The van der Waals surface area contributed by atoms with E-state index < -0.39 is 0 Å². The molecule has 3 rings (SSSR count). The average Bonchev–Trinajstić information content (AvgIpc) is 2.83. The number of pyridine rings is 1. The molecule has 0 radical (unpaired) electrons. The molecule has 1 aromatic carbocycles. The molecule has 0 saturated carbocycles. The van der Waals surface area contributed by atoms with E-state index >= 15 is 0 Å². The van der Waals surface area contributed by atoms with Crippen LogP contribution in [0.25, 0.3) is 0 Å². The number of amides is 1. The molecule has 2 heterocycles. The first-order valence-corrected chi connectivity index (χ1v) is 7.46. The lowest BCUT2D eigenvalue weighted by Gasteiger charge is -2.24. The van der Waals surface area contributed by atoms with Crippen LogP contribution < -0.4 is 4.90 Å². The zero-order valence-electron chi connectivity index (χ0n) is 12.5. The number of carbonyl (C=O) groups is 1. The summed E-state index contributed by atoms with van der Waals surface area (Å²) in [4.78, 5) is 18.8. The highest BCUT2D eigenvalue weighted by Gasteiger charge is 2.31. The molecule has 3 heteroatoms. The van der Waals surface area contributed by atoms with Gasteiger partial charge in [0.1, 0.15) is 0 Å². The van der Waals surface area contributed by atoms with Crippen molar-refractivity contribution in [2.45, 2.75) is 38.6 Å². The van der Waals surface area contributed by atoms with Crippen LogP contribution in [0.1, 0.15) is 37.3 Å². The van der Waals surface area contributed by atoms with Crippen LogP contribution >= 0.6 is 0 Å². The number of carbonyl (C=O) groups excluding carboxylic acids is 1. The van der Waals surface area contributed by atoms with Gasteiger partial charge in [-0.15, -0.1) is 0 Å². The van der Waals surface area contributed by atoms with Crippen molar-refractivity contribution >= 4 is 11.6 Å². The highest BCUT2D eigenvalue weighted by Crippen LogP contribution is 2.33. The molecule has 2 aromatic rings. The van der Waals surface area contributed by atoms with Crippen LogP contribution in [0.3, 0.4) is 0 Å². The Morgan fingerprint density at radius 1 is 1.33 bits per heavy atom. The number of benzene rings is 1. The maximum absolute atomic E-state index is 12.7. The second kappa shape index (κ2) is 5.68. The quantitative estimate of drug-likeness (QED) is 0.861. The Hall–Kier alpha value is -2.16. The van der Waals surface area contributed by atoms with Crippen molar-refractivity contribution in [1.82, 2.24) is 4.98 Å². The van der Waals surface area contributed by atoms with E-state index in [0.717, 1.165) is 17.7 Å². The molecule has 0 N–H and O–H groups in total. The van der Waals surface area contributed by atoms with Gasteiger partial charge in [-0.25, -0.2) is 0 Å². The van der Waals surface area contributed by atoms with Gasteiger partial charge >= 0.3 is 0 Å². The Morgan fingerprint density at radius 2 is 2.14 bits per heavy atom. The summed E-state index contributed by atoms with van der Waals surface area (Å²) < 4.78 is 0. The van der Waals surface area contributed by atoms with Gasteiger partial charge in [0.25, 0.3) is 0 Å². The standard InChI is InChI=1S/C18H20N2O/c1-13(16-7-5-9-19-12-16)10-18(21)20-14(2)11-15-6-3-4-8-17(15)20/h3-9,12-14H,10-11H2,1-2H3. The van der Waals surface area contributed by atoms with Gasteiger partial charge in [0.2, 0.25) is 5.91 Å². The lowest BCUT2D eigenvalue weighted by molar-refractivity contribution is -0.119. The van der Waals surface area contributed by atoms with Crippen molar-refractivity contribution in [3.8, 4) is 0 Å². The topological polar surface area (TPSA) is 33.2 Å². The lowest BCUT2D eigenvalue weighted by atomic mass is 9.99. The number of fused-ring (bicyclic) bond motifs is 1. The second-order valence-electron chi connectivity index (χ2n) is 5.84. The zero-order chi connectivity index (χ0) is 14.8. The number of aromatic nitrogens is 1. The maximum atomic E-state index is 12.7. The van der Waals surface area contributed by atoms with Gasteiger partial charge in [-0.05, 0) is 42.5 Å². The Balaban J connectivity index is 1.77. The van der Waals surface area contributed by atoms with E-state index in [0.29, 0.717) is 6.42 Å². The summed E-state index contributed by atoms with van der Waals surface area (Å²) in [7, 11) is 0. The average molecular weight is 280 g/mol. The summed E-state index contributed by atoms with van der Waals surface area (Å²) in [5.41, 5.74) is 3.46. The molecule has 108 valence electrons. The molecule has 0 saturated heterocycles.